The molecule has 3 N–H and O–H groups in total. The van der Waals surface area contributed by atoms with Crippen LogP contribution in [0.2, 0.25) is 0 Å². The molecule has 1 fully saturated rings. The predicted octanol–water partition coefficient (Wildman–Crippen LogP) is 0.946. The standard InChI is InChI=1S/C10H22N4/c1-8(2)12-9(13-11)14-6-5-10(3,4)7-14/h8H,5-7,11H2,1-4H3,(H,12,13). The van der Waals surface area contributed by atoms with Gasteiger partial charge in [-0.2, -0.15) is 0 Å². The van der Waals surface area contributed by atoms with E-state index in [4.69, 9.17) is 5.84 Å². The Morgan fingerprint density at radius 2 is 2.14 bits per heavy atom. The molecule has 0 atom stereocenters. The van der Waals surface area contributed by atoms with Crippen molar-refractivity contribution in [1.82, 2.24) is 10.3 Å². The van der Waals surface area contributed by atoms with Crippen molar-refractivity contribution in [2.75, 3.05) is 13.1 Å². The molecule has 4 nitrogen and oxygen atoms in total. The van der Waals surface area contributed by atoms with Gasteiger partial charge in [-0.15, -0.1) is 0 Å². The molecule has 1 aliphatic heterocycles. The number of hydrazine groups is 1. The van der Waals surface area contributed by atoms with Gasteiger partial charge >= 0.3 is 0 Å². The van der Waals surface area contributed by atoms with E-state index in [0.717, 1.165) is 19.0 Å². The SMILES string of the molecule is CC(C)N=C(NN)N1CCC(C)(C)C1. The van der Waals surface area contributed by atoms with Crippen molar-refractivity contribution in [2.45, 2.75) is 40.2 Å². The van der Waals surface area contributed by atoms with E-state index >= 15 is 0 Å². The fraction of sp³-hybridized carbons (Fsp3) is 0.900. The monoisotopic (exact) mass is 198 g/mol. The Hall–Kier alpha value is -0.770. The van der Waals surface area contributed by atoms with Crippen LogP contribution in [-0.2, 0) is 0 Å². The van der Waals surface area contributed by atoms with Gasteiger partial charge in [-0.25, -0.2) is 10.8 Å². The van der Waals surface area contributed by atoms with Gasteiger partial charge in [0.05, 0.1) is 0 Å². The second-order valence-electron chi connectivity index (χ2n) is 5.03. The molecule has 82 valence electrons. The third-order valence-corrected chi connectivity index (χ3v) is 2.49. The maximum Gasteiger partial charge on any atom is 0.208 e. The number of aliphatic imine (C=N–C) groups is 1. The summed E-state index contributed by atoms with van der Waals surface area (Å²) < 4.78 is 0. The van der Waals surface area contributed by atoms with Gasteiger partial charge in [-0.1, -0.05) is 13.8 Å². The summed E-state index contributed by atoms with van der Waals surface area (Å²) in [5.74, 6) is 6.29. The van der Waals surface area contributed by atoms with E-state index in [1.807, 2.05) is 0 Å². The van der Waals surface area contributed by atoms with Gasteiger partial charge in [0.1, 0.15) is 0 Å². The van der Waals surface area contributed by atoms with Gasteiger partial charge in [0.25, 0.3) is 0 Å². The summed E-state index contributed by atoms with van der Waals surface area (Å²) in [6.45, 7) is 10.7. The average molecular weight is 198 g/mol. The topological polar surface area (TPSA) is 53.6 Å². The Bertz CT molecular complexity index is 220. The van der Waals surface area contributed by atoms with E-state index in [-0.39, 0.29) is 6.04 Å². The number of hydrogen-bond acceptors (Lipinski definition) is 2. The highest BCUT2D eigenvalue weighted by molar-refractivity contribution is 5.79. The molecule has 1 aliphatic rings. The van der Waals surface area contributed by atoms with E-state index in [1.165, 1.54) is 6.42 Å². The van der Waals surface area contributed by atoms with Crippen LogP contribution in [0.5, 0.6) is 0 Å². The number of likely N-dealkylation sites (tertiary alicyclic amines) is 1. The molecule has 0 radical (unpaired) electrons. The van der Waals surface area contributed by atoms with E-state index in [1.54, 1.807) is 0 Å². The van der Waals surface area contributed by atoms with Gasteiger partial charge in [0, 0.05) is 19.1 Å². The second kappa shape index (κ2) is 4.17. The normalized spacial score (nSPS) is 21.9. The van der Waals surface area contributed by atoms with Gasteiger partial charge in [0.15, 0.2) is 0 Å². The minimum absolute atomic E-state index is 0.282. The molecular weight excluding hydrogens is 176 g/mol. The fourth-order valence-electron chi connectivity index (χ4n) is 1.75. The van der Waals surface area contributed by atoms with Crippen molar-refractivity contribution in [1.29, 1.82) is 0 Å². The zero-order valence-electron chi connectivity index (χ0n) is 9.67. The molecule has 0 bridgehead atoms. The highest BCUT2D eigenvalue weighted by Crippen LogP contribution is 2.28. The highest BCUT2D eigenvalue weighted by atomic mass is 15.4. The third kappa shape index (κ3) is 2.87. The molecule has 0 spiro atoms. The van der Waals surface area contributed by atoms with E-state index in [2.05, 4.69) is 43.0 Å². The number of guanidine groups is 1. The summed E-state index contributed by atoms with van der Waals surface area (Å²) in [7, 11) is 0. The Morgan fingerprint density at radius 1 is 1.50 bits per heavy atom. The van der Waals surface area contributed by atoms with Crippen LogP contribution in [-0.4, -0.2) is 30.0 Å². The number of nitrogens with one attached hydrogen (secondary N) is 1. The smallest absolute Gasteiger partial charge is 0.208 e. The van der Waals surface area contributed by atoms with Gasteiger partial charge in [-0.3, -0.25) is 5.43 Å². The highest BCUT2D eigenvalue weighted by Gasteiger charge is 2.30. The van der Waals surface area contributed by atoms with Crippen LogP contribution in [0.15, 0.2) is 4.99 Å². The molecule has 0 unspecified atom stereocenters. The Balaban J connectivity index is 2.64. The molecule has 0 aromatic rings. The van der Waals surface area contributed by atoms with E-state index in [9.17, 15) is 0 Å². The lowest BCUT2D eigenvalue weighted by atomic mass is 9.93. The third-order valence-electron chi connectivity index (χ3n) is 2.49. The number of hydrogen-bond donors (Lipinski definition) is 2. The Labute approximate surface area is 86.5 Å². The molecule has 0 amide bonds. The van der Waals surface area contributed by atoms with Crippen LogP contribution in [0.3, 0.4) is 0 Å². The summed E-state index contributed by atoms with van der Waals surface area (Å²) in [6, 6.07) is 0.282. The Kier molecular flexibility index (Phi) is 3.37. The first-order valence-corrected chi connectivity index (χ1v) is 5.24. The zero-order valence-corrected chi connectivity index (χ0v) is 9.67. The Morgan fingerprint density at radius 3 is 2.50 bits per heavy atom. The number of nitrogens with zero attached hydrogens (tertiary/aromatic N) is 2. The minimum atomic E-state index is 0.282. The number of rotatable bonds is 1. The summed E-state index contributed by atoms with van der Waals surface area (Å²) in [4.78, 5) is 6.67. The van der Waals surface area contributed by atoms with Crippen molar-refractivity contribution in [2.24, 2.45) is 16.3 Å². The zero-order chi connectivity index (χ0) is 10.8. The van der Waals surface area contributed by atoms with Crippen molar-refractivity contribution < 1.29 is 0 Å². The molecular formula is C10H22N4. The first kappa shape index (κ1) is 11.3. The fourth-order valence-corrected chi connectivity index (χ4v) is 1.75. The predicted molar refractivity (Wildman–Crippen MR) is 59.9 cm³/mol. The number of nitrogens with two attached hydrogens (primary N) is 1. The van der Waals surface area contributed by atoms with Crippen molar-refractivity contribution >= 4 is 5.96 Å². The van der Waals surface area contributed by atoms with Gasteiger partial charge in [0.2, 0.25) is 5.96 Å². The molecule has 14 heavy (non-hydrogen) atoms. The molecule has 1 heterocycles. The molecule has 0 saturated carbocycles. The van der Waals surface area contributed by atoms with Crippen molar-refractivity contribution in [3.63, 3.8) is 0 Å². The second-order valence-corrected chi connectivity index (χ2v) is 5.03. The maximum absolute atomic E-state index is 5.47. The molecule has 1 rings (SSSR count). The average Bonchev–Trinajstić information content (AvgIpc) is 2.41. The maximum atomic E-state index is 5.47. The van der Waals surface area contributed by atoms with Crippen LogP contribution >= 0.6 is 0 Å². The first-order chi connectivity index (χ1) is 6.44. The van der Waals surface area contributed by atoms with Crippen molar-refractivity contribution in [3.8, 4) is 0 Å². The summed E-state index contributed by atoms with van der Waals surface area (Å²) in [6.07, 6.45) is 1.20. The van der Waals surface area contributed by atoms with Gasteiger partial charge < -0.3 is 4.90 Å². The molecule has 1 saturated heterocycles. The van der Waals surface area contributed by atoms with Crippen LogP contribution in [0.25, 0.3) is 0 Å². The lowest BCUT2D eigenvalue weighted by molar-refractivity contribution is 0.369. The quantitative estimate of drug-likeness (QED) is 0.285. The molecule has 4 heteroatoms. The van der Waals surface area contributed by atoms with Crippen LogP contribution in [0.4, 0.5) is 0 Å². The van der Waals surface area contributed by atoms with E-state index in [0.29, 0.717) is 5.41 Å². The van der Waals surface area contributed by atoms with Gasteiger partial charge in [-0.05, 0) is 25.7 Å². The summed E-state index contributed by atoms with van der Waals surface area (Å²) in [5, 5.41) is 0. The summed E-state index contributed by atoms with van der Waals surface area (Å²) in [5.41, 5.74) is 3.07. The van der Waals surface area contributed by atoms with Crippen LogP contribution in [0.1, 0.15) is 34.1 Å². The van der Waals surface area contributed by atoms with Crippen LogP contribution < -0.4 is 11.3 Å². The lowest BCUT2D eigenvalue weighted by Crippen LogP contribution is -2.44. The largest absolute Gasteiger partial charge is 0.341 e. The molecule has 0 aromatic carbocycles. The molecule has 0 aromatic heterocycles. The van der Waals surface area contributed by atoms with E-state index < -0.39 is 0 Å². The summed E-state index contributed by atoms with van der Waals surface area (Å²) >= 11 is 0. The minimum Gasteiger partial charge on any atom is -0.341 e. The first-order valence-electron chi connectivity index (χ1n) is 5.24. The van der Waals surface area contributed by atoms with Crippen LogP contribution in [0, 0.1) is 5.41 Å². The van der Waals surface area contributed by atoms with Crippen molar-refractivity contribution in [3.05, 3.63) is 0 Å². The molecule has 0 aliphatic carbocycles. The lowest BCUT2D eigenvalue weighted by Gasteiger charge is -2.23.